The molecule has 0 spiro atoms. The van der Waals surface area contributed by atoms with Crippen LogP contribution in [0.5, 0.6) is 0 Å². The molecule has 1 aliphatic rings. The van der Waals surface area contributed by atoms with Crippen LogP contribution in [0.15, 0.2) is 42.0 Å². The lowest BCUT2D eigenvalue weighted by Crippen LogP contribution is -2.47. The third-order valence-corrected chi connectivity index (χ3v) is 10.00. The highest BCUT2D eigenvalue weighted by Gasteiger charge is 2.38. The van der Waals surface area contributed by atoms with Gasteiger partial charge in [-0.25, -0.2) is 4.79 Å². The third-order valence-electron chi connectivity index (χ3n) is 10.00. The summed E-state index contributed by atoms with van der Waals surface area (Å²) in [6.45, 7) is 1.66. The van der Waals surface area contributed by atoms with Crippen LogP contribution in [0.3, 0.4) is 0 Å². The van der Waals surface area contributed by atoms with E-state index in [4.69, 9.17) is 34.3 Å². The number of alkyl carbamates (subject to hydrolysis) is 1. The molecule has 0 bridgehead atoms. The largest absolute Gasteiger partial charge is 0.481 e. The molecule has 1 aliphatic carbocycles. The summed E-state index contributed by atoms with van der Waals surface area (Å²) in [4.78, 5) is 95.7. The number of carbonyl (C=O) groups is 8. The molecule has 0 heterocycles. The Morgan fingerprint density at radius 1 is 0.508 bits per heavy atom. The van der Waals surface area contributed by atoms with Crippen LogP contribution in [0.1, 0.15) is 115 Å². The van der Waals surface area contributed by atoms with Gasteiger partial charge in [0.15, 0.2) is 0 Å². The quantitative estimate of drug-likeness (QED) is 0.0444. The van der Waals surface area contributed by atoms with E-state index in [-0.39, 0.29) is 95.0 Å². The van der Waals surface area contributed by atoms with E-state index in [1.54, 1.807) is 6.08 Å². The smallest absolute Gasteiger partial charge is 0.407 e. The third kappa shape index (κ3) is 28.7. The Balaban J connectivity index is 2.03. The maximum atomic E-state index is 13.6. The molecule has 0 aliphatic heterocycles. The molecule has 20 heteroatoms. The summed E-state index contributed by atoms with van der Waals surface area (Å²) >= 11 is 0. The number of hydrogen-bond acceptors (Lipinski definition) is 12. The fourth-order valence-electron chi connectivity index (χ4n) is 6.49. The van der Waals surface area contributed by atoms with E-state index < -0.39 is 42.3 Å². The number of benzene rings is 1. The average Bonchev–Trinajstić information content (AvgIpc) is 3.26. The maximum absolute atomic E-state index is 13.6. The van der Waals surface area contributed by atoms with Gasteiger partial charge in [-0.05, 0) is 63.0 Å². The van der Waals surface area contributed by atoms with Crippen molar-refractivity contribution < 1.29 is 72.6 Å². The standard InChI is InChI=1S/C45H69N5O15/c51-37(46-22-11-6-16-40(54)55)19-27-62-35-30-34(44(60)49-25-9-1-2-10-26-50-45(61)65-32-33-14-4-3-5-15-33)31-36(63-28-20-38(52)47-23-12-7-17-41(56)57)43(35)64-29-21-39(53)48-24-13-8-18-42(58)59/h3-5,14-15,30,35-36,43H,1-2,6-13,16-29,31-32H2,(H,46,51)(H,47,52)(H,48,53)(H,49,60)(H,50,61)(H,54,55)(H,56,57)(H,58,59)/t35-,36-,43-/m1/s1. The Bertz CT molecular complexity index is 1640. The first-order valence-electron chi connectivity index (χ1n) is 22.6. The average molecular weight is 920 g/mol. The number of carboxylic acid groups (broad SMARTS) is 3. The summed E-state index contributed by atoms with van der Waals surface area (Å²) in [6.07, 6.45) is 4.11. The van der Waals surface area contributed by atoms with Crippen molar-refractivity contribution in [3.8, 4) is 0 Å². The van der Waals surface area contributed by atoms with E-state index in [1.807, 2.05) is 30.3 Å². The lowest BCUT2D eigenvalue weighted by atomic mass is 9.91. The van der Waals surface area contributed by atoms with Crippen LogP contribution in [0.2, 0.25) is 0 Å². The maximum Gasteiger partial charge on any atom is 0.407 e. The molecule has 5 amide bonds. The first-order valence-corrected chi connectivity index (χ1v) is 22.6. The van der Waals surface area contributed by atoms with Crippen LogP contribution in [0, 0.1) is 0 Å². The van der Waals surface area contributed by atoms with Gasteiger partial charge in [-0.2, -0.15) is 0 Å². The summed E-state index contributed by atoms with van der Waals surface area (Å²) in [5, 5.41) is 40.4. The highest BCUT2D eigenvalue weighted by Crippen LogP contribution is 2.27. The molecule has 0 saturated heterocycles. The van der Waals surface area contributed by atoms with Gasteiger partial charge in [0.25, 0.3) is 0 Å². The van der Waals surface area contributed by atoms with Crippen LogP contribution in [0.4, 0.5) is 4.79 Å². The molecule has 0 aromatic heterocycles. The normalized spacial score (nSPS) is 15.5. The summed E-state index contributed by atoms with van der Waals surface area (Å²) < 4.78 is 23.8. The molecule has 1 aromatic carbocycles. The number of amides is 5. The monoisotopic (exact) mass is 919 g/mol. The molecule has 8 N–H and O–H groups in total. The van der Waals surface area contributed by atoms with Crippen LogP contribution in [-0.2, 0) is 59.1 Å². The Hall–Kier alpha value is -5.60. The predicted molar refractivity (Wildman–Crippen MR) is 235 cm³/mol. The molecule has 0 saturated carbocycles. The van der Waals surface area contributed by atoms with Crippen LogP contribution >= 0.6 is 0 Å². The van der Waals surface area contributed by atoms with E-state index in [9.17, 15) is 38.4 Å². The van der Waals surface area contributed by atoms with E-state index in [1.165, 1.54) is 0 Å². The SMILES string of the molecule is O=C(O)CCCCNC(=O)CCO[C@@H]1[C@H](OCCC(=O)NCCCCC(=O)O)C=C(C(=O)NCCCCCCNC(=O)OCc2ccccc2)C[C@H]1OCCC(=O)NCCCCC(=O)O. The zero-order valence-corrected chi connectivity index (χ0v) is 37.3. The first-order chi connectivity index (χ1) is 31.3. The number of aliphatic carboxylic acids is 3. The van der Waals surface area contributed by atoms with Gasteiger partial charge in [0.1, 0.15) is 18.8 Å². The zero-order chi connectivity index (χ0) is 47.5. The minimum absolute atomic E-state index is 0.00424. The van der Waals surface area contributed by atoms with Gasteiger partial charge in [0.05, 0.1) is 25.9 Å². The second-order valence-corrected chi connectivity index (χ2v) is 15.5. The van der Waals surface area contributed by atoms with E-state index in [2.05, 4.69) is 26.6 Å². The van der Waals surface area contributed by atoms with Crippen molar-refractivity contribution >= 4 is 47.6 Å². The summed E-state index contributed by atoms with van der Waals surface area (Å²) in [5.74, 6) is -4.08. The zero-order valence-electron chi connectivity index (χ0n) is 37.3. The van der Waals surface area contributed by atoms with Crippen LogP contribution in [0.25, 0.3) is 0 Å². The number of unbranched alkanes of at least 4 members (excludes halogenated alkanes) is 6. The Morgan fingerprint density at radius 2 is 0.954 bits per heavy atom. The number of hydrogen-bond donors (Lipinski definition) is 8. The lowest BCUT2D eigenvalue weighted by Gasteiger charge is -2.36. The van der Waals surface area contributed by atoms with Crippen molar-refractivity contribution in [3.63, 3.8) is 0 Å². The van der Waals surface area contributed by atoms with Gasteiger partial charge >= 0.3 is 24.0 Å². The molecule has 3 atom stereocenters. The number of carboxylic acids is 3. The Kier molecular flexibility index (Phi) is 29.7. The summed E-state index contributed by atoms with van der Waals surface area (Å²) in [6, 6.07) is 9.36. The van der Waals surface area contributed by atoms with Crippen molar-refractivity contribution in [1.29, 1.82) is 0 Å². The van der Waals surface area contributed by atoms with Gasteiger partial charge in [0.2, 0.25) is 23.6 Å². The minimum atomic E-state index is -0.917. The van der Waals surface area contributed by atoms with Gasteiger partial charge in [-0.1, -0.05) is 43.2 Å². The number of ether oxygens (including phenoxy) is 4. The van der Waals surface area contributed by atoms with Gasteiger partial charge < -0.3 is 60.9 Å². The van der Waals surface area contributed by atoms with Crippen molar-refractivity contribution in [3.05, 3.63) is 47.5 Å². The van der Waals surface area contributed by atoms with Crippen molar-refractivity contribution in [2.75, 3.05) is 52.5 Å². The van der Waals surface area contributed by atoms with Gasteiger partial charge in [-0.3, -0.25) is 33.6 Å². The number of nitrogens with one attached hydrogen (secondary N) is 5. The fraction of sp³-hybridized carbons (Fsp3) is 0.644. The molecule has 364 valence electrons. The van der Waals surface area contributed by atoms with Crippen molar-refractivity contribution in [1.82, 2.24) is 26.6 Å². The van der Waals surface area contributed by atoms with Gasteiger partial charge in [-0.15, -0.1) is 0 Å². The topological polar surface area (TPSA) is 294 Å². The summed E-state index contributed by atoms with van der Waals surface area (Å²) in [5.41, 5.74) is 1.23. The Labute approximate surface area is 380 Å². The second kappa shape index (κ2) is 34.8. The minimum Gasteiger partial charge on any atom is -0.481 e. The highest BCUT2D eigenvalue weighted by atomic mass is 16.6. The van der Waals surface area contributed by atoms with Crippen molar-refractivity contribution in [2.45, 2.75) is 134 Å². The molecular weight excluding hydrogens is 851 g/mol. The van der Waals surface area contributed by atoms with Crippen LogP contribution < -0.4 is 26.6 Å². The molecule has 1 aromatic rings. The molecule has 0 radical (unpaired) electrons. The van der Waals surface area contributed by atoms with E-state index in [0.29, 0.717) is 83.2 Å². The molecular formula is C45H69N5O15. The van der Waals surface area contributed by atoms with E-state index in [0.717, 1.165) is 24.8 Å². The first kappa shape index (κ1) is 55.5. The lowest BCUT2D eigenvalue weighted by molar-refractivity contribution is -0.144. The fourth-order valence-corrected chi connectivity index (χ4v) is 6.49. The molecule has 65 heavy (non-hydrogen) atoms. The van der Waals surface area contributed by atoms with Crippen LogP contribution in [-0.4, -0.2) is 134 Å². The summed E-state index contributed by atoms with van der Waals surface area (Å²) in [7, 11) is 0. The van der Waals surface area contributed by atoms with Gasteiger partial charge in [0, 0.05) is 83.2 Å². The molecule has 2 rings (SSSR count). The van der Waals surface area contributed by atoms with Crippen molar-refractivity contribution in [2.24, 2.45) is 0 Å². The predicted octanol–water partition coefficient (Wildman–Crippen LogP) is 3.36. The Morgan fingerprint density at radius 3 is 1.46 bits per heavy atom. The number of carbonyl (C=O) groups excluding carboxylic acids is 5. The molecule has 0 unspecified atom stereocenters. The molecule has 20 nitrogen and oxygen atoms in total. The van der Waals surface area contributed by atoms with E-state index >= 15 is 0 Å². The second-order valence-electron chi connectivity index (χ2n) is 15.5. The highest BCUT2D eigenvalue weighted by molar-refractivity contribution is 5.93. The molecule has 0 fully saturated rings. The number of rotatable bonds is 37.